The number of pyridine rings is 1. The number of nitrogens with zero attached hydrogens (tertiary/aromatic N) is 1. The lowest BCUT2D eigenvalue weighted by atomic mass is 9.94. The number of halogens is 1. The van der Waals surface area contributed by atoms with Gasteiger partial charge in [0.05, 0.1) is 12.2 Å². The maximum atomic E-state index is 13.7. The maximum Gasteiger partial charge on any atom is 0.408 e. The van der Waals surface area contributed by atoms with E-state index in [0.717, 1.165) is 17.8 Å². The number of hydrogen-bond donors (Lipinski definition) is 5. The molecule has 4 atom stereocenters. The third-order valence-electron chi connectivity index (χ3n) is 7.32. The van der Waals surface area contributed by atoms with Gasteiger partial charge in [-0.2, -0.15) is 0 Å². The van der Waals surface area contributed by atoms with E-state index < -0.39 is 59.5 Å². The van der Waals surface area contributed by atoms with Crippen LogP contribution in [0.2, 0.25) is 0 Å². The van der Waals surface area contributed by atoms with Gasteiger partial charge in [-0.15, -0.1) is 0 Å². The summed E-state index contributed by atoms with van der Waals surface area (Å²) >= 11 is 0. The minimum absolute atomic E-state index is 0.0625. The summed E-state index contributed by atoms with van der Waals surface area (Å²) in [5, 5.41) is 12.9. The lowest BCUT2D eigenvalue weighted by molar-refractivity contribution is -0.141. The summed E-state index contributed by atoms with van der Waals surface area (Å²) in [6.07, 6.45) is 0.387. The summed E-state index contributed by atoms with van der Waals surface area (Å²) in [5.41, 5.74) is 1.01. The first kappa shape index (κ1) is 36.6. The SMILES string of the molecule is CC(C)C[C@H](NC(=O)[C@H](Cc1ccc(F)cn1)NC(=O)OCc1ccccc1)C(=O)N[C@@H](C[C@@H]1CCNC1=O)C(=O)C(=O)NC(C)C. The van der Waals surface area contributed by atoms with Crippen molar-refractivity contribution >= 4 is 35.5 Å². The van der Waals surface area contributed by atoms with Gasteiger partial charge in [-0.1, -0.05) is 44.2 Å². The molecule has 2 heterocycles. The standard InChI is InChI=1S/C33H43FN6O7/c1-19(2)14-26(30(43)38-25(15-22-12-13-35-29(22)42)28(41)32(45)37-20(3)4)39-31(44)27(16-24-11-10-23(34)17-36-24)40-33(46)47-18-21-8-6-5-7-9-21/h5-11,17,19-20,22,25-27H,12-16,18H2,1-4H3,(H,35,42)(H,37,45)(H,38,43)(H,39,44)(H,40,46)/t22-,25-,26-,27-/m0/s1. The van der Waals surface area contributed by atoms with Gasteiger partial charge in [-0.05, 0) is 56.7 Å². The number of benzene rings is 1. The van der Waals surface area contributed by atoms with Crippen LogP contribution in [0, 0.1) is 17.7 Å². The number of ketones is 1. The van der Waals surface area contributed by atoms with Crippen LogP contribution in [0.4, 0.5) is 9.18 Å². The minimum atomic E-state index is -1.33. The zero-order valence-electron chi connectivity index (χ0n) is 27.0. The molecule has 1 saturated heterocycles. The van der Waals surface area contributed by atoms with Crippen molar-refractivity contribution in [1.29, 1.82) is 0 Å². The molecule has 0 aliphatic carbocycles. The van der Waals surface area contributed by atoms with E-state index in [0.29, 0.717) is 13.0 Å². The van der Waals surface area contributed by atoms with Crippen LogP contribution in [0.15, 0.2) is 48.7 Å². The molecule has 5 N–H and O–H groups in total. The number of hydrogen-bond acceptors (Lipinski definition) is 8. The predicted molar refractivity (Wildman–Crippen MR) is 169 cm³/mol. The Hall–Kier alpha value is -4.88. The molecule has 1 aromatic carbocycles. The summed E-state index contributed by atoms with van der Waals surface area (Å²) in [6.45, 7) is 7.36. The minimum Gasteiger partial charge on any atom is -0.445 e. The zero-order valence-corrected chi connectivity index (χ0v) is 27.0. The number of aromatic nitrogens is 1. The average Bonchev–Trinajstić information content (AvgIpc) is 3.43. The van der Waals surface area contributed by atoms with Gasteiger partial charge in [0.25, 0.3) is 5.91 Å². The van der Waals surface area contributed by atoms with Crippen molar-refractivity contribution in [2.75, 3.05) is 6.54 Å². The highest BCUT2D eigenvalue weighted by Crippen LogP contribution is 2.18. The van der Waals surface area contributed by atoms with E-state index in [4.69, 9.17) is 4.74 Å². The van der Waals surface area contributed by atoms with Crippen LogP contribution in [-0.4, -0.2) is 71.2 Å². The largest absolute Gasteiger partial charge is 0.445 e. The first-order valence-corrected chi connectivity index (χ1v) is 15.6. The Morgan fingerprint density at radius 3 is 2.19 bits per heavy atom. The molecule has 14 heteroatoms. The fourth-order valence-corrected chi connectivity index (χ4v) is 4.98. The molecule has 1 fully saturated rings. The van der Waals surface area contributed by atoms with Gasteiger partial charge < -0.3 is 31.3 Å². The lowest BCUT2D eigenvalue weighted by Crippen LogP contribution is -2.58. The van der Waals surface area contributed by atoms with Crippen molar-refractivity contribution in [3.05, 3.63) is 65.7 Å². The summed E-state index contributed by atoms with van der Waals surface area (Å²) in [5.74, 6) is -4.88. The number of ether oxygens (including phenoxy) is 1. The zero-order chi connectivity index (χ0) is 34.5. The second kappa shape index (κ2) is 17.7. The van der Waals surface area contributed by atoms with Crippen LogP contribution in [0.3, 0.4) is 0 Å². The van der Waals surface area contributed by atoms with Crippen molar-refractivity contribution in [3.63, 3.8) is 0 Å². The maximum absolute atomic E-state index is 13.7. The van der Waals surface area contributed by atoms with Crippen molar-refractivity contribution in [2.24, 2.45) is 11.8 Å². The highest BCUT2D eigenvalue weighted by atomic mass is 19.1. The predicted octanol–water partition coefficient (Wildman–Crippen LogP) is 1.69. The van der Waals surface area contributed by atoms with Crippen LogP contribution in [0.5, 0.6) is 0 Å². The molecule has 3 rings (SSSR count). The van der Waals surface area contributed by atoms with Gasteiger partial charge >= 0.3 is 6.09 Å². The van der Waals surface area contributed by atoms with Gasteiger partial charge in [-0.25, -0.2) is 9.18 Å². The van der Waals surface area contributed by atoms with E-state index in [2.05, 4.69) is 31.6 Å². The fourth-order valence-electron chi connectivity index (χ4n) is 4.98. The highest BCUT2D eigenvalue weighted by Gasteiger charge is 2.36. The number of alkyl carbamates (subject to hydrolysis) is 1. The third kappa shape index (κ3) is 12.1. The number of Topliss-reactive ketones (excluding diaryl/α,β-unsaturated/α-hetero) is 1. The van der Waals surface area contributed by atoms with E-state index in [1.807, 2.05) is 19.9 Å². The number of rotatable bonds is 16. The summed E-state index contributed by atoms with van der Waals surface area (Å²) < 4.78 is 18.8. The molecular weight excluding hydrogens is 611 g/mol. The van der Waals surface area contributed by atoms with E-state index in [1.165, 1.54) is 6.07 Å². The molecule has 1 aliphatic heterocycles. The molecule has 1 aromatic heterocycles. The molecule has 5 amide bonds. The fraction of sp³-hybridized carbons (Fsp3) is 0.485. The Bertz CT molecular complexity index is 1400. The quantitative estimate of drug-likeness (QED) is 0.169. The Morgan fingerprint density at radius 1 is 0.915 bits per heavy atom. The Balaban J connectivity index is 1.79. The summed E-state index contributed by atoms with van der Waals surface area (Å²) in [4.78, 5) is 82.1. The van der Waals surface area contributed by atoms with Crippen LogP contribution in [0.25, 0.3) is 0 Å². The van der Waals surface area contributed by atoms with Gasteiger partial charge in [0.15, 0.2) is 0 Å². The van der Waals surface area contributed by atoms with Gasteiger partial charge in [0, 0.05) is 30.6 Å². The van der Waals surface area contributed by atoms with Crippen LogP contribution in [-0.2, 0) is 41.7 Å². The van der Waals surface area contributed by atoms with Crippen molar-refractivity contribution in [1.82, 2.24) is 31.6 Å². The molecule has 2 aromatic rings. The normalized spacial score (nSPS) is 16.1. The monoisotopic (exact) mass is 654 g/mol. The molecule has 0 spiro atoms. The lowest BCUT2D eigenvalue weighted by Gasteiger charge is -2.26. The Labute approximate surface area is 273 Å². The van der Waals surface area contributed by atoms with Gasteiger partial charge in [-0.3, -0.25) is 29.0 Å². The van der Waals surface area contributed by atoms with Crippen LogP contribution >= 0.6 is 0 Å². The van der Waals surface area contributed by atoms with Gasteiger partial charge in [0.1, 0.15) is 24.5 Å². The molecule has 0 unspecified atom stereocenters. The molecule has 0 saturated carbocycles. The Kier molecular flexibility index (Phi) is 13.8. The van der Waals surface area contributed by atoms with E-state index in [-0.39, 0.29) is 49.4 Å². The number of amides is 5. The number of carbonyl (C=O) groups excluding carboxylic acids is 6. The van der Waals surface area contributed by atoms with E-state index >= 15 is 0 Å². The van der Waals surface area contributed by atoms with E-state index in [9.17, 15) is 33.2 Å². The van der Waals surface area contributed by atoms with Crippen molar-refractivity contribution in [3.8, 4) is 0 Å². The molecular formula is C33H43FN6O7. The van der Waals surface area contributed by atoms with Crippen molar-refractivity contribution < 1.29 is 37.9 Å². The molecule has 1 aliphatic rings. The third-order valence-corrected chi connectivity index (χ3v) is 7.32. The first-order chi connectivity index (χ1) is 22.3. The van der Waals surface area contributed by atoms with E-state index in [1.54, 1.807) is 38.1 Å². The second-order valence-corrected chi connectivity index (χ2v) is 12.2. The molecule has 0 radical (unpaired) electrons. The smallest absolute Gasteiger partial charge is 0.408 e. The van der Waals surface area contributed by atoms with Crippen LogP contribution < -0.4 is 26.6 Å². The summed E-state index contributed by atoms with van der Waals surface area (Å²) in [6, 6.07) is 7.29. The Morgan fingerprint density at radius 2 is 1.60 bits per heavy atom. The van der Waals surface area contributed by atoms with Gasteiger partial charge in [0.2, 0.25) is 23.5 Å². The molecule has 13 nitrogen and oxygen atoms in total. The first-order valence-electron chi connectivity index (χ1n) is 15.6. The molecule has 0 bridgehead atoms. The summed E-state index contributed by atoms with van der Waals surface area (Å²) in [7, 11) is 0. The highest BCUT2D eigenvalue weighted by molar-refractivity contribution is 6.38. The second-order valence-electron chi connectivity index (χ2n) is 12.2. The van der Waals surface area contributed by atoms with Crippen LogP contribution in [0.1, 0.15) is 58.2 Å². The number of nitrogens with one attached hydrogen (secondary N) is 5. The topological polar surface area (TPSA) is 185 Å². The average molecular weight is 655 g/mol. The van der Waals surface area contributed by atoms with Crippen molar-refractivity contribution in [2.45, 2.75) is 84.2 Å². The molecule has 47 heavy (non-hydrogen) atoms. The molecule has 254 valence electrons. The number of carbonyl (C=O) groups is 6.